The quantitative estimate of drug-likeness (QED) is 0.770. The van der Waals surface area contributed by atoms with Gasteiger partial charge in [0.25, 0.3) is 0 Å². The minimum Gasteiger partial charge on any atom is -0.441 e. The number of aromatic nitrogens is 1. The Balaban J connectivity index is 0.00000169. The van der Waals surface area contributed by atoms with E-state index in [1.54, 1.807) is 6.20 Å². The van der Waals surface area contributed by atoms with E-state index in [2.05, 4.69) is 22.5 Å². The van der Waals surface area contributed by atoms with Gasteiger partial charge < -0.3 is 15.1 Å². The number of nitrogens with one attached hydrogen (secondary N) is 2. The van der Waals surface area contributed by atoms with Gasteiger partial charge in [-0.25, -0.2) is 4.98 Å². The first-order valence-corrected chi connectivity index (χ1v) is 8.71. The van der Waals surface area contributed by atoms with Gasteiger partial charge >= 0.3 is 0 Å². The predicted molar refractivity (Wildman–Crippen MR) is 108 cm³/mol. The topological polar surface area (TPSA) is 67.2 Å². The molecule has 5 nitrogen and oxygen atoms in total. The van der Waals surface area contributed by atoms with Gasteiger partial charge in [0.1, 0.15) is 0 Å². The van der Waals surface area contributed by atoms with Gasteiger partial charge in [0, 0.05) is 24.4 Å². The molecule has 2 unspecified atom stereocenters. The molecule has 144 valence electrons. The fourth-order valence-corrected chi connectivity index (χ4v) is 3.17. The van der Waals surface area contributed by atoms with Gasteiger partial charge in [-0.15, -0.1) is 24.8 Å². The molecule has 1 aromatic carbocycles. The van der Waals surface area contributed by atoms with Gasteiger partial charge in [-0.1, -0.05) is 30.7 Å². The lowest BCUT2D eigenvalue weighted by atomic mass is 9.95. The van der Waals surface area contributed by atoms with E-state index in [-0.39, 0.29) is 36.8 Å². The molecule has 1 aliphatic rings. The number of halogens is 3. The number of hydrogen-bond donors (Lipinski definition) is 2. The first-order chi connectivity index (χ1) is 11.6. The summed E-state index contributed by atoms with van der Waals surface area (Å²) in [5.41, 5.74) is 0.811. The molecular weight excluding hydrogens is 397 g/mol. The van der Waals surface area contributed by atoms with E-state index in [1.807, 2.05) is 24.3 Å². The van der Waals surface area contributed by atoms with Gasteiger partial charge in [-0.2, -0.15) is 0 Å². The van der Waals surface area contributed by atoms with E-state index >= 15 is 0 Å². The molecule has 8 heteroatoms. The Bertz CT molecular complexity index is 708. The van der Waals surface area contributed by atoms with Gasteiger partial charge in [0.05, 0.1) is 11.2 Å². The van der Waals surface area contributed by atoms with Crippen LogP contribution in [0.4, 0.5) is 0 Å². The van der Waals surface area contributed by atoms with Crippen molar-refractivity contribution >= 4 is 42.3 Å². The molecule has 2 atom stereocenters. The molecule has 1 aliphatic heterocycles. The van der Waals surface area contributed by atoms with Crippen LogP contribution in [0, 0.1) is 5.92 Å². The van der Waals surface area contributed by atoms with Gasteiger partial charge in [-0.3, -0.25) is 4.79 Å². The van der Waals surface area contributed by atoms with Gasteiger partial charge in [0.15, 0.2) is 11.7 Å². The summed E-state index contributed by atoms with van der Waals surface area (Å²) in [5, 5.41) is 7.07. The van der Waals surface area contributed by atoms with Gasteiger partial charge in [0.2, 0.25) is 5.91 Å². The van der Waals surface area contributed by atoms with Crippen LogP contribution in [0.25, 0.3) is 11.3 Å². The van der Waals surface area contributed by atoms with Crippen molar-refractivity contribution in [3.05, 3.63) is 41.4 Å². The molecule has 2 N–H and O–H groups in total. The molecule has 3 rings (SSSR count). The highest BCUT2D eigenvalue weighted by atomic mass is 35.5. The number of rotatable bonds is 5. The summed E-state index contributed by atoms with van der Waals surface area (Å²) in [7, 11) is 0. The van der Waals surface area contributed by atoms with Crippen molar-refractivity contribution in [1.82, 2.24) is 15.6 Å². The number of hydrogen-bond acceptors (Lipinski definition) is 4. The van der Waals surface area contributed by atoms with Crippen LogP contribution in [0.2, 0.25) is 5.02 Å². The molecule has 0 radical (unpaired) electrons. The molecule has 1 amide bonds. The van der Waals surface area contributed by atoms with Crippen molar-refractivity contribution in [2.24, 2.45) is 5.92 Å². The standard InChI is InChI=1S/C18H22ClN3O2.2ClH/c1-12-10-20-9-8-15(12)22-17(23)6-7-18-21-11-16(24-18)13-4-2-3-5-14(13)19;;/h2-5,11-12,15,20H,6-10H2,1H3,(H,22,23);2*1H. The summed E-state index contributed by atoms with van der Waals surface area (Å²) < 4.78 is 5.73. The van der Waals surface area contributed by atoms with Crippen molar-refractivity contribution in [3.8, 4) is 11.3 Å². The molecule has 0 bridgehead atoms. The SMILES string of the molecule is CC1CNCCC1NC(=O)CCc1ncc(-c2ccccc2Cl)o1.Cl.Cl. The first-order valence-electron chi connectivity index (χ1n) is 8.33. The summed E-state index contributed by atoms with van der Waals surface area (Å²) in [5.74, 6) is 1.68. The lowest BCUT2D eigenvalue weighted by molar-refractivity contribution is -0.122. The second kappa shape index (κ2) is 10.8. The Morgan fingerprint density at radius 3 is 2.88 bits per heavy atom. The third-order valence-corrected chi connectivity index (χ3v) is 4.72. The average molecular weight is 421 g/mol. The lowest BCUT2D eigenvalue weighted by Crippen LogP contribution is -2.48. The maximum Gasteiger partial charge on any atom is 0.220 e. The largest absolute Gasteiger partial charge is 0.441 e. The van der Waals surface area contributed by atoms with Crippen molar-refractivity contribution in [1.29, 1.82) is 0 Å². The second-order valence-electron chi connectivity index (χ2n) is 6.24. The summed E-state index contributed by atoms with van der Waals surface area (Å²) in [6, 6.07) is 7.72. The zero-order chi connectivity index (χ0) is 16.9. The molecule has 26 heavy (non-hydrogen) atoms. The lowest BCUT2D eigenvalue weighted by Gasteiger charge is -2.30. The molecule has 1 aromatic heterocycles. The van der Waals surface area contributed by atoms with Crippen LogP contribution in [-0.4, -0.2) is 30.0 Å². The van der Waals surface area contributed by atoms with E-state index in [0.29, 0.717) is 35.4 Å². The monoisotopic (exact) mass is 419 g/mol. The highest BCUT2D eigenvalue weighted by Crippen LogP contribution is 2.28. The Labute approximate surface area is 171 Å². The first kappa shape index (κ1) is 22.8. The number of carbonyl (C=O) groups excluding carboxylic acids is 1. The van der Waals surface area contributed by atoms with Crippen LogP contribution in [-0.2, 0) is 11.2 Å². The van der Waals surface area contributed by atoms with Crippen molar-refractivity contribution < 1.29 is 9.21 Å². The molecule has 2 aromatic rings. The number of benzene rings is 1. The molecule has 2 heterocycles. The van der Waals surface area contributed by atoms with Crippen LogP contribution in [0.5, 0.6) is 0 Å². The molecule has 0 saturated carbocycles. The van der Waals surface area contributed by atoms with Crippen LogP contribution < -0.4 is 10.6 Å². The minimum absolute atomic E-state index is 0. The fourth-order valence-electron chi connectivity index (χ4n) is 2.94. The highest BCUT2D eigenvalue weighted by Gasteiger charge is 2.22. The predicted octanol–water partition coefficient (Wildman–Crippen LogP) is 3.89. The van der Waals surface area contributed by atoms with E-state index in [0.717, 1.165) is 25.1 Å². The Hall–Kier alpha value is -1.27. The van der Waals surface area contributed by atoms with Crippen molar-refractivity contribution in [3.63, 3.8) is 0 Å². The van der Waals surface area contributed by atoms with Crippen LogP contribution in [0.3, 0.4) is 0 Å². The molecule has 1 fully saturated rings. The Morgan fingerprint density at radius 2 is 2.15 bits per heavy atom. The van der Waals surface area contributed by atoms with Crippen LogP contribution in [0.15, 0.2) is 34.9 Å². The summed E-state index contributed by atoms with van der Waals surface area (Å²) >= 11 is 6.16. The molecule has 0 aliphatic carbocycles. The number of oxazole rings is 1. The number of amides is 1. The van der Waals surface area contributed by atoms with Crippen molar-refractivity contribution in [2.45, 2.75) is 32.2 Å². The van der Waals surface area contributed by atoms with E-state index in [9.17, 15) is 4.79 Å². The molecular formula is C18H24Cl3N3O2. The summed E-state index contributed by atoms with van der Waals surface area (Å²) in [6.07, 6.45) is 3.49. The zero-order valence-electron chi connectivity index (χ0n) is 14.5. The number of carbonyl (C=O) groups is 1. The summed E-state index contributed by atoms with van der Waals surface area (Å²) in [6.45, 7) is 4.06. The summed E-state index contributed by atoms with van der Waals surface area (Å²) in [4.78, 5) is 16.4. The smallest absolute Gasteiger partial charge is 0.220 e. The fraction of sp³-hybridized carbons (Fsp3) is 0.444. The molecule has 0 spiro atoms. The third-order valence-electron chi connectivity index (χ3n) is 4.39. The maximum atomic E-state index is 12.1. The van der Waals surface area contributed by atoms with E-state index in [4.69, 9.17) is 16.0 Å². The van der Waals surface area contributed by atoms with Crippen molar-refractivity contribution in [2.75, 3.05) is 13.1 Å². The number of aryl methyl sites for hydroxylation is 1. The van der Waals surface area contributed by atoms with E-state index in [1.165, 1.54) is 0 Å². The Kier molecular flexibility index (Phi) is 9.44. The average Bonchev–Trinajstić information content (AvgIpc) is 3.04. The highest BCUT2D eigenvalue weighted by molar-refractivity contribution is 6.33. The van der Waals surface area contributed by atoms with Crippen LogP contribution >= 0.6 is 36.4 Å². The zero-order valence-corrected chi connectivity index (χ0v) is 16.9. The van der Waals surface area contributed by atoms with Gasteiger partial charge in [-0.05, 0) is 37.6 Å². The second-order valence-corrected chi connectivity index (χ2v) is 6.65. The Morgan fingerprint density at radius 1 is 1.38 bits per heavy atom. The third kappa shape index (κ3) is 5.88. The normalized spacial score (nSPS) is 19.2. The van der Waals surface area contributed by atoms with Crippen LogP contribution in [0.1, 0.15) is 25.7 Å². The maximum absolute atomic E-state index is 12.1. The number of piperidine rings is 1. The number of nitrogens with zero attached hydrogens (tertiary/aromatic N) is 1. The van der Waals surface area contributed by atoms with E-state index < -0.39 is 0 Å². The minimum atomic E-state index is 0. The molecule has 1 saturated heterocycles.